The summed E-state index contributed by atoms with van der Waals surface area (Å²) >= 11 is 0. The van der Waals surface area contributed by atoms with E-state index in [0.717, 1.165) is 5.56 Å². The summed E-state index contributed by atoms with van der Waals surface area (Å²) in [5.74, 6) is 0.336. The molecule has 0 unspecified atom stereocenters. The Bertz CT molecular complexity index is 305. The summed E-state index contributed by atoms with van der Waals surface area (Å²) in [5, 5.41) is 9.46. The van der Waals surface area contributed by atoms with Gasteiger partial charge < -0.3 is 5.11 Å². The number of para-hydroxylation sites is 1. The van der Waals surface area contributed by atoms with Gasteiger partial charge in [0.25, 0.3) is 0 Å². The molecule has 0 bridgehead atoms. The Labute approximate surface area is 79.7 Å². The smallest absolute Gasteiger partial charge is 0.122 e. The van der Waals surface area contributed by atoms with E-state index in [1.54, 1.807) is 6.07 Å². The zero-order valence-corrected chi connectivity index (χ0v) is 8.41. The predicted molar refractivity (Wildman–Crippen MR) is 56.6 cm³/mol. The molecule has 0 aliphatic rings. The van der Waals surface area contributed by atoms with Crippen LogP contribution < -0.4 is 0 Å². The maximum atomic E-state index is 9.46. The summed E-state index contributed by atoms with van der Waals surface area (Å²) in [7, 11) is 0. The summed E-state index contributed by atoms with van der Waals surface area (Å²) in [6.45, 7) is 6.39. The van der Waals surface area contributed by atoms with E-state index in [1.807, 2.05) is 24.3 Å². The molecule has 1 heteroatoms. The third-order valence-corrected chi connectivity index (χ3v) is 1.70. The topological polar surface area (TPSA) is 20.2 Å². The van der Waals surface area contributed by atoms with Crippen molar-refractivity contribution in [3.63, 3.8) is 0 Å². The molecule has 1 N–H and O–H groups in total. The highest BCUT2D eigenvalue weighted by Crippen LogP contribution is 2.21. The first-order valence-electron chi connectivity index (χ1n) is 4.46. The molecule has 1 aromatic rings. The van der Waals surface area contributed by atoms with E-state index < -0.39 is 0 Å². The van der Waals surface area contributed by atoms with Gasteiger partial charge in [-0.25, -0.2) is 0 Å². The number of hydrogen-bond donors (Lipinski definition) is 1. The number of benzene rings is 1. The Balaban J connectivity index is 2.86. The van der Waals surface area contributed by atoms with Crippen molar-refractivity contribution in [2.75, 3.05) is 0 Å². The molecule has 13 heavy (non-hydrogen) atoms. The van der Waals surface area contributed by atoms with Crippen molar-refractivity contribution in [3.8, 4) is 5.75 Å². The minimum Gasteiger partial charge on any atom is -0.507 e. The van der Waals surface area contributed by atoms with Crippen LogP contribution in [0.15, 0.2) is 30.3 Å². The van der Waals surface area contributed by atoms with Crippen molar-refractivity contribution in [2.45, 2.75) is 20.8 Å². The molecule has 0 atom stereocenters. The first-order chi connectivity index (χ1) is 5.99. The number of rotatable bonds is 1. The van der Waals surface area contributed by atoms with E-state index in [0.29, 0.717) is 5.75 Å². The zero-order valence-electron chi connectivity index (χ0n) is 8.41. The Morgan fingerprint density at radius 1 is 1.15 bits per heavy atom. The summed E-state index contributed by atoms with van der Waals surface area (Å²) in [5.41, 5.74) is 1.03. The van der Waals surface area contributed by atoms with Gasteiger partial charge in [0.2, 0.25) is 0 Å². The van der Waals surface area contributed by atoms with Gasteiger partial charge in [-0.15, -0.1) is 0 Å². The van der Waals surface area contributed by atoms with Gasteiger partial charge in [-0.3, -0.25) is 0 Å². The van der Waals surface area contributed by atoms with Gasteiger partial charge in [0, 0.05) is 5.56 Å². The summed E-state index contributed by atoms with van der Waals surface area (Å²) in [4.78, 5) is 0. The maximum absolute atomic E-state index is 9.46. The Morgan fingerprint density at radius 3 is 2.31 bits per heavy atom. The first-order valence-corrected chi connectivity index (χ1v) is 4.46. The molecule has 0 aromatic heterocycles. The second-order valence-electron chi connectivity index (χ2n) is 4.26. The number of allylic oxidation sites excluding steroid dienone is 1. The van der Waals surface area contributed by atoms with Gasteiger partial charge in [0.05, 0.1) is 0 Å². The van der Waals surface area contributed by atoms with Crippen LogP contribution in [0, 0.1) is 5.41 Å². The molecular formula is C12H16O. The summed E-state index contributed by atoms with van der Waals surface area (Å²) in [6, 6.07) is 7.34. The molecule has 0 aliphatic heterocycles. The van der Waals surface area contributed by atoms with Crippen LogP contribution in [-0.4, -0.2) is 5.11 Å². The van der Waals surface area contributed by atoms with E-state index in [4.69, 9.17) is 0 Å². The number of hydrogen-bond acceptors (Lipinski definition) is 1. The van der Waals surface area contributed by atoms with Crippen molar-refractivity contribution in [3.05, 3.63) is 35.9 Å². The van der Waals surface area contributed by atoms with Gasteiger partial charge in [-0.2, -0.15) is 0 Å². The van der Waals surface area contributed by atoms with Gasteiger partial charge in [-0.1, -0.05) is 51.1 Å². The highest BCUT2D eigenvalue weighted by molar-refractivity contribution is 5.56. The number of phenolic OH excluding ortho intramolecular Hbond substituents is 1. The summed E-state index contributed by atoms with van der Waals surface area (Å²) < 4.78 is 0. The van der Waals surface area contributed by atoms with E-state index in [2.05, 4.69) is 26.8 Å². The molecule has 0 heterocycles. The molecule has 0 aliphatic carbocycles. The largest absolute Gasteiger partial charge is 0.507 e. The molecule has 0 radical (unpaired) electrons. The maximum Gasteiger partial charge on any atom is 0.122 e. The van der Waals surface area contributed by atoms with Gasteiger partial charge in [0.15, 0.2) is 0 Å². The molecule has 0 spiro atoms. The lowest BCUT2D eigenvalue weighted by Crippen LogP contribution is -1.97. The Kier molecular flexibility index (Phi) is 2.76. The fraction of sp³-hybridized carbons (Fsp3) is 0.333. The fourth-order valence-corrected chi connectivity index (χ4v) is 0.968. The molecule has 0 amide bonds. The second-order valence-corrected chi connectivity index (χ2v) is 4.26. The number of aromatic hydroxyl groups is 1. The van der Waals surface area contributed by atoms with Crippen LogP contribution >= 0.6 is 0 Å². The molecular weight excluding hydrogens is 160 g/mol. The van der Waals surface area contributed by atoms with E-state index in [9.17, 15) is 5.11 Å². The quantitative estimate of drug-likeness (QED) is 0.694. The molecule has 0 saturated carbocycles. The van der Waals surface area contributed by atoms with Crippen molar-refractivity contribution >= 4 is 6.08 Å². The zero-order chi connectivity index (χ0) is 9.90. The van der Waals surface area contributed by atoms with Gasteiger partial charge >= 0.3 is 0 Å². The van der Waals surface area contributed by atoms with Gasteiger partial charge in [-0.05, 0) is 11.5 Å². The Hall–Kier alpha value is -1.24. The first kappa shape index (κ1) is 9.85. The third kappa shape index (κ3) is 3.32. The van der Waals surface area contributed by atoms with Crippen LogP contribution in [0.1, 0.15) is 26.3 Å². The van der Waals surface area contributed by atoms with Crippen LogP contribution in [0.3, 0.4) is 0 Å². The molecule has 1 aromatic carbocycles. The van der Waals surface area contributed by atoms with Crippen LogP contribution in [0.5, 0.6) is 5.75 Å². The normalized spacial score (nSPS) is 12.2. The minimum atomic E-state index is 0.155. The predicted octanol–water partition coefficient (Wildman–Crippen LogP) is 3.45. The molecule has 1 nitrogen and oxygen atoms in total. The second kappa shape index (κ2) is 3.65. The lowest BCUT2D eigenvalue weighted by atomic mass is 9.95. The average molecular weight is 176 g/mol. The van der Waals surface area contributed by atoms with Crippen LogP contribution in [0.25, 0.3) is 6.08 Å². The van der Waals surface area contributed by atoms with Crippen molar-refractivity contribution in [2.24, 2.45) is 5.41 Å². The SMILES string of the molecule is CC(C)(C)/C=C/c1ccccc1O. The third-order valence-electron chi connectivity index (χ3n) is 1.70. The van der Waals surface area contributed by atoms with Crippen LogP contribution in [-0.2, 0) is 0 Å². The average Bonchev–Trinajstić information content (AvgIpc) is 2.01. The highest BCUT2D eigenvalue weighted by atomic mass is 16.3. The molecule has 70 valence electrons. The molecule has 1 rings (SSSR count). The lowest BCUT2D eigenvalue weighted by Gasteiger charge is -2.11. The van der Waals surface area contributed by atoms with Crippen LogP contribution in [0.4, 0.5) is 0 Å². The van der Waals surface area contributed by atoms with Crippen molar-refractivity contribution in [1.29, 1.82) is 0 Å². The van der Waals surface area contributed by atoms with Gasteiger partial charge in [0.1, 0.15) is 5.75 Å². The lowest BCUT2D eigenvalue weighted by molar-refractivity contribution is 0.474. The molecule has 0 saturated heterocycles. The van der Waals surface area contributed by atoms with Crippen LogP contribution in [0.2, 0.25) is 0 Å². The van der Waals surface area contributed by atoms with E-state index in [1.165, 1.54) is 0 Å². The van der Waals surface area contributed by atoms with Crippen molar-refractivity contribution in [1.82, 2.24) is 0 Å². The highest BCUT2D eigenvalue weighted by Gasteiger charge is 2.04. The Morgan fingerprint density at radius 2 is 1.77 bits per heavy atom. The van der Waals surface area contributed by atoms with Crippen molar-refractivity contribution < 1.29 is 5.11 Å². The minimum absolute atomic E-state index is 0.155. The summed E-state index contributed by atoms with van der Waals surface area (Å²) in [6.07, 6.45) is 4.04. The fourth-order valence-electron chi connectivity index (χ4n) is 0.968. The standard InChI is InChI=1S/C12H16O/c1-12(2,3)9-8-10-6-4-5-7-11(10)13/h4-9,13H,1-3H3/b9-8+. The monoisotopic (exact) mass is 176 g/mol. The van der Waals surface area contributed by atoms with E-state index >= 15 is 0 Å². The molecule has 0 fully saturated rings. The van der Waals surface area contributed by atoms with E-state index in [-0.39, 0.29) is 5.41 Å². The number of phenols is 1.